The SMILES string of the molecule is CCC(CC)CN(CC1CCCCC1)c1ccc2[nH]ncc2c1. The smallest absolute Gasteiger partial charge is 0.0651 e. The summed E-state index contributed by atoms with van der Waals surface area (Å²) in [6.07, 6.45) is 11.6. The molecule has 1 aromatic heterocycles. The molecule has 1 aliphatic carbocycles. The highest BCUT2D eigenvalue weighted by atomic mass is 15.1. The highest BCUT2D eigenvalue weighted by Crippen LogP contribution is 2.29. The number of nitrogens with zero attached hydrogens (tertiary/aromatic N) is 2. The summed E-state index contributed by atoms with van der Waals surface area (Å²) in [4.78, 5) is 2.65. The van der Waals surface area contributed by atoms with Crippen LogP contribution < -0.4 is 4.90 Å². The molecule has 1 N–H and O–H groups in total. The molecule has 1 saturated carbocycles. The molecule has 0 saturated heterocycles. The van der Waals surface area contributed by atoms with Gasteiger partial charge >= 0.3 is 0 Å². The third-order valence-corrected chi connectivity index (χ3v) is 5.63. The molecule has 0 radical (unpaired) electrons. The highest BCUT2D eigenvalue weighted by Gasteiger charge is 2.20. The number of fused-ring (bicyclic) bond motifs is 1. The van der Waals surface area contributed by atoms with Gasteiger partial charge in [0.25, 0.3) is 0 Å². The van der Waals surface area contributed by atoms with Crippen LogP contribution in [-0.2, 0) is 0 Å². The standard InChI is InChI=1S/C20H31N3/c1-3-16(4-2)14-23(15-17-8-6-5-7-9-17)19-10-11-20-18(12-19)13-21-22-20/h10-13,16-17H,3-9,14-15H2,1-2H3,(H,21,22). The first kappa shape index (κ1) is 16.4. The molecule has 1 aromatic carbocycles. The lowest BCUT2D eigenvalue weighted by Crippen LogP contribution is -2.34. The van der Waals surface area contributed by atoms with Gasteiger partial charge in [-0.25, -0.2) is 0 Å². The second-order valence-corrected chi connectivity index (χ2v) is 7.23. The number of H-pyrrole nitrogens is 1. The first-order valence-corrected chi connectivity index (χ1v) is 9.48. The van der Waals surface area contributed by atoms with Crippen LogP contribution in [0.25, 0.3) is 10.9 Å². The van der Waals surface area contributed by atoms with Crippen molar-refractivity contribution in [1.82, 2.24) is 10.2 Å². The van der Waals surface area contributed by atoms with Crippen LogP contribution in [0.15, 0.2) is 24.4 Å². The maximum absolute atomic E-state index is 4.17. The summed E-state index contributed by atoms with van der Waals surface area (Å²) in [7, 11) is 0. The van der Waals surface area contributed by atoms with Crippen LogP contribution in [0.4, 0.5) is 5.69 Å². The van der Waals surface area contributed by atoms with Gasteiger partial charge in [-0.3, -0.25) is 5.10 Å². The molecule has 2 aromatic rings. The molecule has 0 bridgehead atoms. The molecule has 3 rings (SSSR count). The summed E-state index contributed by atoms with van der Waals surface area (Å²) >= 11 is 0. The lowest BCUT2D eigenvalue weighted by Gasteiger charge is -2.33. The van der Waals surface area contributed by atoms with Crippen molar-refractivity contribution in [3.05, 3.63) is 24.4 Å². The molecule has 23 heavy (non-hydrogen) atoms. The Balaban J connectivity index is 1.79. The molecule has 0 unspecified atom stereocenters. The largest absolute Gasteiger partial charge is 0.371 e. The van der Waals surface area contributed by atoms with Crippen molar-refractivity contribution >= 4 is 16.6 Å². The van der Waals surface area contributed by atoms with Gasteiger partial charge in [-0.1, -0.05) is 46.0 Å². The van der Waals surface area contributed by atoms with E-state index in [0.717, 1.165) is 17.4 Å². The fourth-order valence-corrected chi connectivity index (χ4v) is 3.95. The molecule has 0 aliphatic heterocycles. The van der Waals surface area contributed by atoms with Crippen molar-refractivity contribution in [3.8, 4) is 0 Å². The van der Waals surface area contributed by atoms with Crippen molar-refractivity contribution < 1.29 is 0 Å². The predicted octanol–water partition coefficient (Wildman–Crippen LogP) is 5.39. The Kier molecular flexibility index (Phi) is 5.58. The monoisotopic (exact) mass is 313 g/mol. The van der Waals surface area contributed by atoms with E-state index in [1.54, 1.807) is 0 Å². The molecule has 3 nitrogen and oxygen atoms in total. The van der Waals surface area contributed by atoms with Crippen LogP contribution in [0.5, 0.6) is 0 Å². The van der Waals surface area contributed by atoms with E-state index in [4.69, 9.17) is 0 Å². The van der Waals surface area contributed by atoms with E-state index in [0.29, 0.717) is 0 Å². The Morgan fingerprint density at radius 1 is 1.17 bits per heavy atom. The van der Waals surface area contributed by atoms with E-state index in [1.165, 1.54) is 69.1 Å². The van der Waals surface area contributed by atoms with Crippen LogP contribution in [-0.4, -0.2) is 23.3 Å². The molecular formula is C20H31N3. The van der Waals surface area contributed by atoms with E-state index in [2.05, 4.69) is 47.1 Å². The number of hydrogen-bond acceptors (Lipinski definition) is 2. The summed E-state index contributed by atoms with van der Waals surface area (Å²) in [6.45, 7) is 7.06. The first-order chi connectivity index (χ1) is 11.3. The predicted molar refractivity (Wildman–Crippen MR) is 99.0 cm³/mol. The second kappa shape index (κ2) is 7.85. The van der Waals surface area contributed by atoms with Crippen LogP contribution in [0, 0.1) is 11.8 Å². The number of anilines is 1. The van der Waals surface area contributed by atoms with Crippen LogP contribution in [0.2, 0.25) is 0 Å². The first-order valence-electron chi connectivity index (χ1n) is 9.48. The van der Waals surface area contributed by atoms with E-state index in [-0.39, 0.29) is 0 Å². The van der Waals surface area contributed by atoms with E-state index >= 15 is 0 Å². The van der Waals surface area contributed by atoms with Crippen LogP contribution >= 0.6 is 0 Å². The minimum Gasteiger partial charge on any atom is -0.371 e. The molecular weight excluding hydrogens is 282 g/mol. The van der Waals surface area contributed by atoms with Gasteiger partial charge in [-0.05, 0) is 42.9 Å². The van der Waals surface area contributed by atoms with Crippen molar-refractivity contribution in [2.45, 2.75) is 58.8 Å². The lowest BCUT2D eigenvalue weighted by molar-refractivity contribution is 0.349. The van der Waals surface area contributed by atoms with Gasteiger partial charge < -0.3 is 4.90 Å². The maximum atomic E-state index is 4.17. The Hall–Kier alpha value is -1.51. The summed E-state index contributed by atoms with van der Waals surface area (Å²) in [5, 5.41) is 8.45. The van der Waals surface area contributed by atoms with Gasteiger partial charge in [0.15, 0.2) is 0 Å². The molecule has 0 amide bonds. The summed E-state index contributed by atoms with van der Waals surface area (Å²) in [5.41, 5.74) is 2.50. The van der Waals surface area contributed by atoms with Gasteiger partial charge in [0.1, 0.15) is 0 Å². The topological polar surface area (TPSA) is 31.9 Å². The van der Waals surface area contributed by atoms with Crippen LogP contribution in [0.3, 0.4) is 0 Å². The molecule has 126 valence electrons. The summed E-state index contributed by atoms with van der Waals surface area (Å²) < 4.78 is 0. The zero-order valence-electron chi connectivity index (χ0n) is 14.7. The number of rotatable bonds is 7. The summed E-state index contributed by atoms with van der Waals surface area (Å²) in [6, 6.07) is 6.76. The molecule has 1 fully saturated rings. The minimum absolute atomic E-state index is 0.790. The van der Waals surface area contributed by atoms with Crippen molar-refractivity contribution in [3.63, 3.8) is 0 Å². The molecule has 3 heteroatoms. The average molecular weight is 313 g/mol. The fraction of sp³-hybridized carbons (Fsp3) is 0.650. The van der Waals surface area contributed by atoms with Gasteiger partial charge in [0.2, 0.25) is 0 Å². The van der Waals surface area contributed by atoms with E-state index in [1.807, 2.05) is 6.20 Å². The molecule has 1 aliphatic rings. The lowest BCUT2D eigenvalue weighted by atomic mass is 9.88. The Labute approximate surface area is 140 Å². The van der Waals surface area contributed by atoms with Crippen LogP contribution in [0.1, 0.15) is 58.8 Å². The number of benzene rings is 1. The molecule has 1 heterocycles. The number of aromatic nitrogens is 2. The normalized spacial score (nSPS) is 16.3. The van der Waals surface area contributed by atoms with Crippen molar-refractivity contribution in [2.75, 3.05) is 18.0 Å². The van der Waals surface area contributed by atoms with E-state index in [9.17, 15) is 0 Å². The second-order valence-electron chi connectivity index (χ2n) is 7.23. The zero-order chi connectivity index (χ0) is 16.1. The molecule has 0 atom stereocenters. The Morgan fingerprint density at radius 3 is 2.70 bits per heavy atom. The zero-order valence-corrected chi connectivity index (χ0v) is 14.7. The van der Waals surface area contributed by atoms with Crippen molar-refractivity contribution in [1.29, 1.82) is 0 Å². The third-order valence-electron chi connectivity index (χ3n) is 5.63. The average Bonchev–Trinajstić information content (AvgIpc) is 3.07. The van der Waals surface area contributed by atoms with Gasteiger partial charge in [0, 0.05) is 24.2 Å². The number of aromatic amines is 1. The Morgan fingerprint density at radius 2 is 1.96 bits per heavy atom. The molecule has 0 spiro atoms. The summed E-state index contributed by atoms with van der Waals surface area (Å²) in [5.74, 6) is 1.66. The van der Waals surface area contributed by atoms with Crippen molar-refractivity contribution in [2.24, 2.45) is 11.8 Å². The minimum atomic E-state index is 0.790. The third kappa shape index (κ3) is 4.07. The van der Waals surface area contributed by atoms with E-state index < -0.39 is 0 Å². The fourth-order valence-electron chi connectivity index (χ4n) is 3.95. The van der Waals surface area contributed by atoms with Gasteiger partial charge in [-0.15, -0.1) is 0 Å². The van der Waals surface area contributed by atoms with Gasteiger partial charge in [-0.2, -0.15) is 5.10 Å². The van der Waals surface area contributed by atoms with Gasteiger partial charge in [0.05, 0.1) is 11.7 Å². The Bertz CT molecular complexity index is 594. The quantitative estimate of drug-likeness (QED) is 0.743. The number of nitrogens with one attached hydrogen (secondary N) is 1. The highest BCUT2D eigenvalue weighted by molar-refractivity contribution is 5.82. The maximum Gasteiger partial charge on any atom is 0.0651 e. The number of hydrogen-bond donors (Lipinski definition) is 1.